The molecule has 6 nitrogen and oxygen atoms in total. The summed E-state index contributed by atoms with van der Waals surface area (Å²) in [7, 11) is -5.52. The van der Waals surface area contributed by atoms with Crippen molar-refractivity contribution in [2.24, 2.45) is 0 Å². The van der Waals surface area contributed by atoms with Gasteiger partial charge in [0.15, 0.2) is 5.76 Å². The second-order valence-corrected chi connectivity index (χ2v) is 2.38. The third-order valence-corrected chi connectivity index (χ3v) is 0.931. The molecule has 0 heterocycles. The number of phosphoric ester groups is 1. The number of hydrogen-bond acceptors (Lipinski definition) is 6. The molecular weight excluding hydrogens is 299 g/mol. The summed E-state index contributed by atoms with van der Waals surface area (Å²) in [6, 6.07) is 0. The van der Waals surface area contributed by atoms with Gasteiger partial charge in [0.05, 0.1) is 0 Å². The second-order valence-electron chi connectivity index (χ2n) is 1.30. The summed E-state index contributed by atoms with van der Waals surface area (Å²) >= 11 is 0. The fourth-order valence-corrected chi connectivity index (χ4v) is 0.577. The predicted octanol–water partition coefficient (Wildman–Crippen LogP) is -11.6. The third kappa shape index (κ3) is 16.0. The van der Waals surface area contributed by atoms with Gasteiger partial charge < -0.3 is 28.8 Å². The first-order valence-corrected chi connectivity index (χ1v) is 3.56. The molecule has 0 fully saturated rings. The molecule has 0 saturated carbocycles. The number of halogens is 1. The van der Waals surface area contributed by atoms with E-state index in [9.17, 15) is 28.6 Å². The fraction of sp³-hybridized carbons (Fsp3) is 0. The monoisotopic (exact) mass is 300 g/mol. The van der Waals surface area contributed by atoms with Crippen molar-refractivity contribution in [3.8, 4) is 0 Å². The summed E-state index contributed by atoms with van der Waals surface area (Å²) in [5.74, 6) is -3.89. The van der Waals surface area contributed by atoms with Crippen molar-refractivity contribution < 1.29 is 187 Å². The Labute approximate surface area is 207 Å². The second kappa shape index (κ2) is 13.4. The maximum Gasteiger partial charge on any atom is 1.00 e. The summed E-state index contributed by atoms with van der Waals surface area (Å²) in [5, 5.41) is 9.66. The smallest absolute Gasteiger partial charge is 0.780 e. The molecule has 0 aromatic rings. The van der Waals surface area contributed by atoms with Crippen LogP contribution in [-0.2, 0) is 13.9 Å². The van der Waals surface area contributed by atoms with Crippen molar-refractivity contribution in [1.82, 2.24) is 0 Å². The van der Waals surface area contributed by atoms with Crippen molar-refractivity contribution in [2.75, 3.05) is 0 Å². The van der Waals surface area contributed by atoms with Gasteiger partial charge in [0, 0.05) is 0 Å². The number of hydrogen-bond donors (Lipinski definition) is 0. The van der Waals surface area contributed by atoms with E-state index in [2.05, 4.69) is 4.52 Å². The molecule has 0 aliphatic heterocycles. The van der Waals surface area contributed by atoms with Gasteiger partial charge in [-0.25, -0.2) is 4.39 Å². The van der Waals surface area contributed by atoms with Crippen LogP contribution in [0.25, 0.3) is 0 Å². The van der Waals surface area contributed by atoms with E-state index in [0.717, 1.165) is 0 Å². The van der Waals surface area contributed by atoms with Crippen molar-refractivity contribution >= 4 is 13.8 Å². The fourth-order valence-electron chi connectivity index (χ4n) is 0.222. The van der Waals surface area contributed by atoms with Gasteiger partial charge in [0.2, 0.25) is 0 Å². The number of phosphoric acid groups is 1. The first-order chi connectivity index (χ1) is 4.87. The minimum Gasteiger partial charge on any atom is -0.780 e. The Balaban J connectivity index is -0.000000167. The molecule has 64 valence electrons. The molecule has 0 aromatic carbocycles. The van der Waals surface area contributed by atoms with Crippen molar-refractivity contribution in [3.63, 3.8) is 0 Å². The number of carboxylic acid groups (broad SMARTS) is 1. The summed E-state index contributed by atoms with van der Waals surface area (Å²) in [4.78, 5) is 29.0. The summed E-state index contributed by atoms with van der Waals surface area (Å²) in [6.45, 7) is 0. The zero-order chi connectivity index (χ0) is 9.07. The standard InChI is InChI=1S/C3H4FO6P.3K/c4-1-2(3(5)6)10-11(7,8)9;;;/h1H,(H,5,6)(H2,7,8,9);;;/q;3*+1/p-3/b2-1-;;;. The van der Waals surface area contributed by atoms with E-state index in [1.807, 2.05) is 0 Å². The molecule has 0 bridgehead atoms. The number of carboxylic acids is 1. The van der Waals surface area contributed by atoms with Gasteiger partial charge >= 0.3 is 154 Å². The summed E-state index contributed by atoms with van der Waals surface area (Å²) in [6.07, 6.45) is -0.697. The Morgan fingerprint density at radius 1 is 1.29 bits per heavy atom. The quantitative estimate of drug-likeness (QED) is 0.221. The first kappa shape index (κ1) is 26.5. The SMILES string of the molecule is O=C([O-])/C(=C/F)OP(=O)([O-])[O-].[K+].[K+].[K+]. The largest absolute Gasteiger partial charge is 1.00 e. The Kier molecular flexibility index (Phi) is 25.5. The van der Waals surface area contributed by atoms with Gasteiger partial charge in [-0.1, -0.05) is 0 Å². The van der Waals surface area contributed by atoms with Gasteiger partial charge in [-0.2, -0.15) is 0 Å². The van der Waals surface area contributed by atoms with E-state index in [1.54, 1.807) is 0 Å². The molecule has 0 radical (unpaired) electrons. The molecule has 0 rings (SSSR count). The van der Waals surface area contributed by atoms with E-state index in [0.29, 0.717) is 0 Å². The molecule has 11 heteroatoms. The van der Waals surface area contributed by atoms with Gasteiger partial charge in [-0.3, -0.25) is 0 Å². The zero-order valence-electron chi connectivity index (χ0n) is 7.85. The zero-order valence-corrected chi connectivity index (χ0v) is 18.1. The Hall–Kier alpha value is 4.00. The molecule has 0 aliphatic carbocycles. The number of rotatable bonds is 3. The van der Waals surface area contributed by atoms with Gasteiger partial charge in [0.25, 0.3) is 0 Å². The van der Waals surface area contributed by atoms with Crippen LogP contribution in [0.2, 0.25) is 0 Å². The molecule has 0 atom stereocenters. The van der Waals surface area contributed by atoms with Crippen LogP contribution in [0.5, 0.6) is 0 Å². The molecule has 0 aromatic heterocycles. The number of aliphatic carboxylic acids is 1. The van der Waals surface area contributed by atoms with E-state index in [1.165, 1.54) is 0 Å². The minimum atomic E-state index is -5.52. The molecule has 0 saturated heterocycles. The van der Waals surface area contributed by atoms with Crippen molar-refractivity contribution in [2.45, 2.75) is 0 Å². The van der Waals surface area contributed by atoms with Crippen LogP contribution in [0, 0.1) is 0 Å². The summed E-state index contributed by atoms with van der Waals surface area (Å²) < 4.78 is 24.1. The Bertz CT molecular complexity index is 238. The normalized spacial score (nSPS) is 10.1. The molecule has 14 heavy (non-hydrogen) atoms. The van der Waals surface area contributed by atoms with Gasteiger partial charge in [-0.05, 0) is 0 Å². The van der Waals surface area contributed by atoms with Crippen molar-refractivity contribution in [1.29, 1.82) is 0 Å². The van der Waals surface area contributed by atoms with Gasteiger partial charge in [0.1, 0.15) is 20.1 Å². The van der Waals surface area contributed by atoms with Crippen LogP contribution in [0.1, 0.15) is 0 Å². The van der Waals surface area contributed by atoms with E-state index < -0.39 is 25.9 Å². The third-order valence-electron chi connectivity index (χ3n) is 0.510. The molecule has 0 N–H and O–H groups in total. The predicted molar refractivity (Wildman–Crippen MR) is 22.9 cm³/mol. The number of carbonyl (C=O) groups is 1. The maximum atomic E-state index is 11.3. The van der Waals surface area contributed by atoms with Gasteiger partial charge in [-0.15, -0.1) is 0 Å². The van der Waals surface area contributed by atoms with Crippen LogP contribution in [-0.4, -0.2) is 5.97 Å². The van der Waals surface area contributed by atoms with Crippen LogP contribution >= 0.6 is 7.82 Å². The average Bonchev–Trinajstić information content (AvgIpc) is 1.80. The average molecular weight is 300 g/mol. The summed E-state index contributed by atoms with van der Waals surface area (Å²) in [5.41, 5.74) is 0. The molecule has 0 aliphatic rings. The molecular formula is C3HFK3O6P. The van der Waals surface area contributed by atoms with Crippen LogP contribution in [0.4, 0.5) is 4.39 Å². The molecule has 0 spiro atoms. The topological polar surface area (TPSA) is 113 Å². The molecule has 0 unspecified atom stereocenters. The van der Waals surface area contributed by atoms with Crippen molar-refractivity contribution in [3.05, 3.63) is 12.1 Å². The van der Waals surface area contributed by atoms with Crippen LogP contribution in [0.15, 0.2) is 12.1 Å². The Morgan fingerprint density at radius 3 is 1.71 bits per heavy atom. The van der Waals surface area contributed by atoms with Crippen LogP contribution in [0.3, 0.4) is 0 Å². The maximum absolute atomic E-state index is 11.3. The molecule has 0 amide bonds. The van der Waals surface area contributed by atoms with Crippen LogP contribution < -0.4 is 169 Å². The van der Waals surface area contributed by atoms with E-state index in [-0.39, 0.29) is 154 Å². The first-order valence-electron chi connectivity index (χ1n) is 2.10. The van der Waals surface area contributed by atoms with E-state index >= 15 is 0 Å². The van der Waals surface area contributed by atoms with E-state index in [4.69, 9.17) is 0 Å². The minimum absolute atomic E-state index is 0. The Morgan fingerprint density at radius 2 is 1.64 bits per heavy atom. The number of carbonyl (C=O) groups excluding carboxylic acids is 1.